The quantitative estimate of drug-likeness (QED) is 0.482. The van der Waals surface area contributed by atoms with E-state index in [2.05, 4.69) is 65.4 Å². The van der Waals surface area contributed by atoms with Gasteiger partial charge < -0.3 is 10.2 Å². The van der Waals surface area contributed by atoms with E-state index >= 15 is 0 Å². The molecule has 3 aromatic rings. The van der Waals surface area contributed by atoms with Crippen molar-refractivity contribution in [2.24, 2.45) is 5.92 Å². The largest absolute Gasteiger partial charge is 0.378 e. The lowest BCUT2D eigenvalue weighted by Crippen LogP contribution is -2.50. The van der Waals surface area contributed by atoms with Crippen molar-refractivity contribution in [1.82, 2.24) is 0 Å². The number of amides is 1. The van der Waals surface area contributed by atoms with E-state index < -0.39 is 0 Å². The van der Waals surface area contributed by atoms with Gasteiger partial charge in [-0.15, -0.1) is 0 Å². The Morgan fingerprint density at radius 2 is 1.62 bits per heavy atom. The molecule has 0 bridgehead atoms. The number of carbonyl (C=O) groups excluding carboxylic acids is 1. The first-order valence-corrected chi connectivity index (χ1v) is 10.9. The number of nitrogens with zero attached hydrogens (tertiary/aromatic N) is 1. The molecule has 0 aromatic heterocycles. The fourth-order valence-corrected chi connectivity index (χ4v) is 4.62. The zero-order valence-electron chi connectivity index (χ0n) is 16.7. The topological polar surface area (TPSA) is 32.3 Å². The number of hydrogen-bond donors (Lipinski definition) is 1. The predicted molar refractivity (Wildman–Crippen MR) is 123 cm³/mol. The number of halogens is 1. The SMILES string of the molecule is CC[C@H]1[C@H](C)[C@H](Nc2ccccc2)c2ccccc2N1C(=O)c1ccc(Br)cc1. The molecule has 4 heteroatoms. The Bertz CT molecular complexity index is 987. The van der Waals surface area contributed by atoms with Crippen molar-refractivity contribution in [2.75, 3.05) is 10.2 Å². The summed E-state index contributed by atoms with van der Waals surface area (Å²) < 4.78 is 0.973. The average Bonchev–Trinajstić information content (AvgIpc) is 2.76. The highest BCUT2D eigenvalue weighted by Crippen LogP contribution is 2.43. The molecular formula is C25H25BrN2O. The van der Waals surface area contributed by atoms with Gasteiger partial charge in [-0.1, -0.05) is 66.2 Å². The Hall–Kier alpha value is -2.59. The van der Waals surface area contributed by atoms with E-state index in [-0.39, 0.29) is 23.9 Å². The molecule has 3 aromatic carbocycles. The number of fused-ring (bicyclic) bond motifs is 1. The van der Waals surface area contributed by atoms with Gasteiger partial charge in [-0.2, -0.15) is 0 Å². The minimum atomic E-state index is 0.0572. The molecular weight excluding hydrogens is 424 g/mol. The van der Waals surface area contributed by atoms with E-state index in [1.807, 2.05) is 53.4 Å². The molecule has 3 nitrogen and oxygen atoms in total. The van der Waals surface area contributed by atoms with Crippen molar-refractivity contribution in [3.05, 3.63) is 94.5 Å². The van der Waals surface area contributed by atoms with Crippen LogP contribution in [0.3, 0.4) is 0 Å². The van der Waals surface area contributed by atoms with Crippen LogP contribution in [0.5, 0.6) is 0 Å². The van der Waals surface area contributed by atoms with Gasteiger partial charge in [0.1, 0.15) is 0 Å². The lowest BCUT2D eigenvalue weighted by atomic mass is 9.80. The summed E-state index contributed by atoms with van der Waals surface area (Å²) in [6.45, 7) is 4.41. The lowest BCUT2D eigenvalue weighted by Gasteiger charge is -2.45. The molecule has 4 rings (SSSR count). The summed E-state index contributed by atoms with van der Waals surface area (Å²) in [5.41, 5.74) is 3.97. The number of para-hydroxylation sites is 2. The standard InChI is InChI=1S/C25H25BrN2O/c1-3-22-17(2)24(27-20-9-5-4-6-10-20)21-11-7-8-12-23(21)28(22)25(29)18-13-15-19(26)16-14-18/h4-17,22,24,27H,3H2,1-2H3/t17-,22-,24-/m0/s1. The van der Waals surface area contributed by atoms with Crippen LogP contribution in [0.25, 0.3) is 0 Å². The second kappa shape index (κ2) is 8.42. The van der Waals surface area contributed by atoms with Crippen molar-refractivity contribution in [2.45, 2.75) is 32.4 Å². The summed E-state index contributed by atoms with van der Waals surface area (Å²) in [6, 6.07) is 26.5. The molecule has 0 saturated heterocycles. The molecule has 0 saturated carbocycles. The summed E-state index contributed by atoms with van der Waals surface area (Å²) in [6.07, 6.45) is 0.894. The van der Waals surface area contributed by atoms with Crippen LogP contribution in [0.15, 0.2) is 83.3 Å². The Morgan fingerprint density at radius 1 is 0.966 bits per heavy atom. The first kappa shape index (κ1) is 19.7. The molecule has 0 aliphatic carbocycles. The van der Waals surface area contributed by atoms with Crippen LogP contribution in [0.4, 0.5) is 11.4 Å². The third-order valence-electron chi connectivity index (χ3n) is 5.82. The van der Waals surface area contributed by atoms with Gasteiger partial charge in [-0.05, 0) is 54.4 Å². The van der Waals surface area contributed by atoms with Crippen LogP contribution in [-0.4, -0.2) is 11.9 Å². The number of anilines is 2. The summed E-state index contributed by atoms with van der Waals surface area (Å²) >= 11 is 3.46. The Morgan fingerprint density at radius 3 is 2.31 bits per heavy atom. The van der Waals surface area contributed by atoms with Gasteiger partial charge in [0, 0.05) is 33.4 Å². The van der Waals surface area contributed by atoms with E-state index in [4.69, 9.17) is 0 Å². The minimum absolute atomic E-state index is 0.0572. The zero-order valence-corrected chi connectivity index (χ0v) is 18.3. The first-order valence-electron chi connectivity index (χ1n) is 10.1. The minimum Gasteiger partial charge on any atom is -0.378 e. The third-order valence-corrected chi connectivity index (χ3v) is 6.35. The van der Waals surface area contributed by atoms with Crippen LogP contribution in [-0.2, 0) is 0 Å². The van der Waals surface area contributed by atoms with Gasteiger partial charge >= 0.3 is 0 Å². The number of benzene rings is 3. The zero-order chi connectivity index (χ0) is 20.4. The van der Waals surface area contributed by atoms with Crippen molar-refractivity contribution in [3.8, 4) is 0 Å². The summed E-state index contributed by atoms with van der Waals surface area (Å²) in [7, 11) is 0. The maximum atomic E-state index is 13.5. The van der Waals surface area contributed by atoms with Gasteiger partial charge in [0.05, 0.1) is 6.04 Å². The molecule has 1 heterocycles. The number of carbonyl (C=O) groups is 1. The van der Waals surface area contributed by atoms with Crippen molar-refractivity contribution in [3.63, 3.8) is 0 Å². The van der Waals surface area contributed by atoms with Crippen LogP contribution >= 0.6 is 15.9 Å². The molecule has 1 N–H and O–H groups in total. The Labute approximate surface area is 180 Å². The van der Waals surface area contributed by atoms with Gasteiger partial charge in [0.25, 0.3) is 5.91 Å². The van der Waals surface area contributed by atoms with Gasteiger partial charge in [0.15, 0.2) is 0 Å². The molecule has 0 spiro atoms. The molecule has 29 heavy (non-hydrogen) atoms. The molecule has 1 aliphatic heterocycles. The van der Waals surface area contributed by atoms with Crippen molar-refractivity contribution >= 4 is 33.2 Å². The fraction of sp³-hybridized carbons (Fsp3) is 0.240. The number of nitrogens with one attached hydrogen (secondary N) is 1. The molecule has 0 radical (unpaired) electrons. The molecule has 148 valence electrons. The Kier molecular flexibility index (Phi) is 5.72. The Balaban J connectivity index is 1.76. The summed E-state index contributed by atoms with van der Waals surface area (Å²) in [5.74, 6) is 0.316. The van der Waals surface area contributed by atoms with Crippen LogP contribution < -0.4 is 10.2 Å². The highest BCUT2D eigenvalue weighted by molar-refractivity contribution is 9.10. The molecule has 1 aliphatic rings. The maximum absolute atomic E-state index is 13.5. The average molecular weight is 449 g/mol. The smallest absolute Gasteiger partial charge is 0.258 e. The van der Waals surface area contributed by atoms with Gasteiger partial charge in [0.2, 0.25) is 0 Å². The lowest BCUT2D eigenvalue weighted by molar-refractivity contribution is 0.0960. The second-order valence-corrected chi connectivity index (χ2v) is 8.48. The fourth-order valence-electron chi connectivity index (χ4n) is 4.36. The van der Waals surface area contributed by atoms with Gasteiger partial charge in [-0.3, -0.25) is 4.79 Å². The summed E-state index contributed by atoms with van der Waals surface area (Å²) in [5, 5.41) is 3.71. The highest BCUT2D eigenvalue weighted by atomic mass is 79.9. The van der Waals surface area contributed by atoms with Crippen LogP contribution in [0.2, 0.25) is 0 Å². The molecule has 1 amide bonds. The third kappa shape index (κ3) is 3.82. The number of hydrogen-bond acceptors (Lipinski definition) is 2. The van der Waals surface area contributed by atoms with E-state index in [0.29, 0.717) is 5.56 Å². The van der Waals surface area contributed by atoms with Crippen LogP contribution in [0, 0.1) is 5.92 Å². The number of rotatable bonds is 4. The second-order valence-electron chi connectivity index (χ2n) is 7.56. The van der Waals surface area contributed by atoms with E-state index in [9.17, 15) is 4.79 Å². The van der Waals surface area contributed by atoms with E-state index in [1.165, 1.54) is 5.56 Å². The van der Waals surface area contributed by atoms with E-state index in [1.54, 1.807) is 0 Å². The predicted octanol–water partition coefficient (Wildman–Crippen LogP) is 6.68. The summed E-state index contributed by atoms with van der Waals surface area (Å²) in [4.78, 5) is 15.6. The normalized spacial score (nSPS) is 20.8. The van der Waals surface area contributed by atoms with Crippen molar-refractivity contribution in [1.29, 1.82) is 0 Å². The van der Waals surface area contributed by atoms with Crippen molar-refractivity contribution < 1.29 is 4.79 Å². The molecule has 0 unspecified atom stereocenters. The maximum Gasteiger partial charge on any atom is 0.258 e. The molecule has 3 atom stereocenters. The van der Waals surface area contributed by atoms with Crippen LogP contribution in [0.1, 0.15) is 42.2 Å². The monoisotopic (exact) mass is 448 g/mol. The first-order chi connectivity index (χ1) is 14.1. The van der Waals surface area contributed by atoms with Gasteiger partial charge in [-0.25, -0.2) is 0 Å². The highest BCUT2D eigenvalue weighted by Gasteiger charge is 2.40. The molecule has 0 fully saturated rings. The van der Waals surface area contributed by atoms with E-state index in [0.717, 1.165) is 22.3 Å².